The van der Waals surface area contributed by atoms with E-state index >= 15 is 0 Å². The van der Waals surface area contributed by atoms with Gasteiger partial charge < -0.3 is 9.84 Å². The van der Waals surface area contributed by atoms with Gasteiger partial charge in [-0.25, -0.2) is 0 Å². The number of morpholine rings is 1. The van der Waals surface area contributed by atoms with E-state index in [1.807, 2.05) is 12.1 Å². The Morgan fingerprint density at radius 1 is 1.03 bits per heavy atom. The maximum Gasteiger partial charge on any atom is 0.0979 e. The lowest BCUT2D eigenvalue weighted by Gasteiger charge is -2.42. The maximum atomic E-state index is 12.2. The van der Waals surface area contributed by atoms with E-state index in [4.69, 9.17) is 16.3 Å². The fourth-order valence-corrected chi connectivity index (χ4v) is 4.51. The van der Waals surface area contributed by atoms with E-state index < -0.39 is 5.60 Å². The van der Waals surface area contributed by atoms with Crippen LogP contribution in [-0.2, 0) is 16.8 Å². The molecule has 1 fully saturated rings. The molecule has 0 spiro atoms. The van der Waals surface area contributed by atoms with Gasteiger partial charge in [-0.05, 0) is 47.6 Å². The highest BCUT2D eigenvalue weighted by Gasteiger charge is 2.41. The first kappa shape index (κ1) is 22.3. The molecule has 1 N–H and O–H groups in total. The van der Waals surface area contributed by atoms with Crippen molar-refractivity contribution in [1.29, 1.82) is 0 Å². The molecular weight excluding hydrogens is 382 g/mol. The Kier molecular flexibility index (Phi) is 7.75. The number of rotatable bonds is 8. The highest BCUT2D eigenvalue weighted by atomic mass is 35.5. The standard InChI is InChI=1S/C25H34ClNO2/c1-4-20-5-9-22(10-6-20)25(28,17-19(2)3)24(18-27-13-15-29-16-14-27)21-7-11-23(26)12-8-21/h5-12,19,24,28H,4,13-18H2,1-3H3. The van der Waals surface area contributed by atoms with Crippen LogP contribution in [0.15, 0.2) is 48.5 Å². The van der Waals surface area contributed by atoms with Crippen molar-refractivity contribution in [2.24, 2.45) is 5.92 Å². The summed E-state index contributed by atoms with van der Waals surface area (Å²) in [4.78, 5) is 2.41. The Morgan fingerprint density at radius 2 is 1.66 bits per heavy atom. The molecule has 2 aromatic rings. The first-order valence-corrected chi connectivity index (χ1v) is 11.2. The number of ether oxygens (including phenoxy) is 1. The van der Waals surface area contributed by atoms with Gasteiger partial charge in [-0.2, -0.15) is 0 Å². The predicted octanol–water partition coefficient (Wildman–Crippen LogP) is 5.25. The predicted molar refractivity (Wildman–Crippen MR) is 121 cm³/mol. The fourth-order valence-electron chi connectivity index (χ4n) is 4.38. The van der Waals surface area contributed by atoms with Gasteiger partial charge in [0.25, 0.3) is 0 Å². The van der Waals surface area contributed by atoms with Crippen molar-refractivity contribution in [1.82, 2.24) is 4.90 Å². The molecular formula is C25H34ClNO2. The van der Waals surface area contributed by atoms with Gasteiger partial charge in [0.05, 0.1) is 18.8 Å². The summed E-state index contributed by atoms with van der Waals surface area (Å²) in [6, 6.07) is 16.5. The Balaban J connectivity index is 2.03. The summed E-state index contributed by atoms with van der Waals surface area (Å²) in [6.07, 6.45) is 1.70. The molecule has 0 amide bonds. The molecule has 2 atom stereocenters. The topological polar surface area (TPSA) is 32.7 Å². The van der Waals surface area contributed by atoms with E-state index in [9.17, 15) is 5.11 Å². The van der Waals surface area contributed by atoms with Crippen molar-refractivity contribution in [2.45, 2.75) is 45.1 Å². The molecule has 0 aliphatic carbocycles. The quantitative estimate of drug-likeness (QED) is 0.638. The van der Waals surface area contributed by atoms with Crippen LogP contribution in [0.5, 0.6) is 0 Å². The van der Waals surface area contributed by atoms with E-state index in [-0.39, 0.29) is 5.92 Å². The lowest BCUT2D eigenvalue weighted by atomic mass is 9.72. The smallest absolute Gasteiger partial charge is 0.0979 e. The molecule has 1 aliphatic heterocycles. The number of hydrogen-bond acceptors (Lipinski definition) is 3. The van der Waals surface area contributed by atoms with Crippen LogP contribution >= 0.6 is 11.6 Å². The lowest BCUT2D eigenvalue weighted by Crippen LogP contribution is -2.45. The number of aliphatic hydroxyl groups is 1. The fraction of sp³-hybridized carbons (Fsp3) is 0.520. The molecule has 0 radical (unpaired) electrons. The summed E-state index contributed by atoms with van der Waals surface area (Å²) in [5.41, 5.74) is 2.46. The Hall–Kier alpha value is -1.39. The van der Waals surface area contributed by atoms with Gasteiger partial charge in [-0.15, -0.1) is 0 Å². The van der Waals surface area contributed by atoms with Crippen molar-refractivity contribution in [2.75, 3.05) is 32.8 Å². The molecule has 3 rings (SSSR count). The summed E-state index contributed by atoms with van der Waals surface area (Å²) < 4.78 is 5.54. The zero-order valence-corrected chi connectivity index (χ0v) is 18.7. The molecule has 0 aromatic heterocycles. The van der Waals surface area contributed by atoms with Crippen molar-refractivity contribution in [3.63, 3.8) is 0 Å². The van der Waals surface area contributed by atoms with Crippen LogP contribution in [0, 0.1) is 5.92 Å². The van der Waals surface area contributed by atoms with Crippen LogP contribution in [0.3, 0.4) is 0 Å². The second-order valence-corrected chi connectivity index (χ2v) is 9.03. The van der Waals surface area contributed by atoms with Gasteiger partial charge in [-0.3, -0.25) is 4.90 Å². The van der Waals surface area contributed by atoms with Crippen LogP contribution in [0.2, 0.25) is 5.02 Å². The minimum Gasteiger partial charge on any atom is -0.384 e. The first-order chi connectivity index (χ1) is 13.9. The normalized spacial score (nSPS) is 18.6. The first-order valence-electron chi connectivity index (χ1n) is 10.8. The minimum absolute atomic E-state index is 0.0484. The van der Waals surface area contributed by atoms with Gasteiger partial charge in [0.2, 0.25) is 0 Å². The molecule has 29 heavy (non-hydrogen) atoms. The van der Waals surface area contributed by atoms with Gasteiger partial charge in [0.15, 0.2) is 0 Å². The third-order valence-corrected chi connectivity index (χ3v) is 6.23. The van der Waals surface area contributed by atoms with Gasteiger partial charge in [-0.1, -0.05) is 68.8 Å². The average Bonchev–Trinajstić information content (AvgIpc) is 2.73. The summed E-state index contributed by atoms with van der Waals surface area (Å²) >= 11 is 6.17. The van der Waals surface area contributed by atoms with Crippen molar-refractivity contribution in [3.8, 4) is 0 Å². The van der Waals surface area contributed by atoms with E-state index in [0.29, 0.717) is 12.3 Å². The van der Waals surface area contributed by atoms with Crippen molar-refractivity contribution in [3.05, 3.63) is 70.2 Å². The van der Waals surface area contributed by atoms with Crippen LogP contribution in [0.25, 0.3) is 0 Å². The summed E-state index contributed by atoms with van der Waals surface area (Å²) in [5, 5.41) is 13.0. The van der Waals surface area contributed by atoms with Crippen LogP contribution in [0.4, 0.5) is 0 Å². The number of halogens is 1. The second kappa shape index (κ2) is 10.1. The SMILES string of the molecule is CCc1ccc(C(O)(CC(C)C)C(CN2CCOCC2)c2ccc(Cl)cc2)cc1. The Morgan fingerprint density at radius 3 is 2.21 bits per heavy atom. The molecule has 3 nitrogen and oxygen atoms in total. The van der Waals surface area contributed by atoms with E-state index in [2.05, 4.69) is 62.1 Å². The molecule has 2 aromatic carbocycles. The monoisotopic (exact) mass is 415 g/mol. The summed E-state index contributed by atoms with van der Waals surface area (Å²) in [6.45, 7) is 10.6. The molecule has 0 bridgehead atoms. The van der Waals surface area contributed by atoms with E-state index in [1.165, 1.54) is 5.56 Å². The third-order valence-electron chi connectivity index (χ3n) is 5.97. The maximum absolute atomic E-state index is 12.2. The molecule has 4 heteroatoms. The molecule has 0 saturated carbocycles. The third kappa shape index (κ3) is 5.61. The largest absolute Gasteiger partial charge is 0.384 e. The molecule has 1 aliphatic rings. The highest BCUT2D eigenvalue weighted by Crippen LogP contribution is 2.43. The minimum atomic E-state index is -0.952. The van der Waals surface area contributed by atoms with Gasteiger partial charge in [0, 0.05) is 30.6 Å². The van der Waals surface area contributed by atoms with E-state index in [1.54, 1.807) is 0 Å². The Bertz CT molecular complexity index is 753. The van der Waals surface area contributed by atoms with Gasteiger partial charge >= 0.3 is 0 Å². The number of hydrogen-bond donors (Lipinski definition) is 1. The zero-order chi connectivity index (χ0) is 20.9. The highest BCUT2D eigenvalue weighted by molar-refractivity contribution is 6.30. The zero-order valence-electron chi connectivity index (χ0n) is 17.9. The average molecular weight is 416 g/mol. The van der Waals surface area contributed by atoms with Gasteiger partial charge in [0.1, 0.15) is 0 Å². The summed E-state index contributed by atoms with van der Waals surface area (Å²) in [7, 11) is 0. The number of nitrogens with zero attached hydrogens (tertiary/aromatic N) is 1. The molecule has 1 saturated heterocycles. The van der Waals surface area contributed by atoms with Crippen LogP contribution in [-0.4, -0.2) is 42.9 Å². The molecule has 1 heterocycles. The number of benzene rings is 2. The molecule has 2 unspecified atom stereocenters. The Labute approximate surface area is 180 Å². The summed E-state index contributed by atoms with van der Waals surface area (Å²) in [5.74, 6) is 0.318. The second-order valence-electron chi connectivity index (χ2n) is 8.59. The van der Waals surface area contributed by atoms with Crippen molar-refractivity contribution >= 4 is 11.6 Å². The number of aryl methyl sites for hydroxylation is 1. The molecule has 158 valence electrons. The van der Waals surface area contributed by atoms with E-state index in [0.717, 1.165) is 55.4 Å². The van der Waals surface area contributed by atoms with Crippen molar-refractivity contribution < 1.29 is 9.84 Å². The van der Waals surface area contributed by atoms with Crippen LogP contribution in [0.1, 0.15) is 49.8 Å². The van der Waals surface area contributed by atoms with Crippen LogP contribution < -0.4 is 0 Å². The lowest BCUT2D eigenvalue weighted by molar-refractivity contribution is -0.0356.